The van der Waals surface area contributed by atoms with Crippen LogP contribution in [0.2, 0.25) is 0 Å². The number of amides is 1. The van der Waals surface area contributed by atoms with Crippen LogP contribution in [-0.4, -0.2) is 46.8 Å². The molecule has 0 saturated carbocycles. The summed E-state index contributed by atoms with van der Waals surface area (Å²) in [4.78, 5) is 15.9. The molecule has 0 aliphatic heterocycles. The monoisotopic (exact) mass is 286 g/mol. The number of alkyl halides is 3. The highest BCUT2D eigenvalue weighted by molar-refractivity contribution is 6.06. The van der Waals surface area contributed by atoms with Crippen LogP contribution < -0.4 is 0 Å². The first-order valence-electron chi connectivity index (χ1n) is 5.87. The van der Waals surface area contributed by atoms with Crippen LogP contribution in [-0.2, 0) is 0 Å². The van der Waals surface area contributed by atoms with Crippen LogP contribution in [0, 0.1) is 0 Å². The number of aromatic amines is 1. The highest BCUT2D eigenvalue weighted by Gasteiger charge is 2.39. The van der Waals surface area contributed by atoms with Crippen molar-refractivity contribution < 1.29 is 23.1 Å². The van der Waals surface area contributed by atoms with Gasteiger partial charge in [0.05, 0.1) is 6.54 Å². The molecule has 20 heavy (non-hydrogen) atoms. The van der Waals surface area contributed by atoms with Crippen molar-refractivity contribution in [1.29, 1.82) is 0 Å². The minimum Gasteiger partial charge on any atom is -0.382 e. The third-order valence-corrected chi connectivity index (χ3v) is 3.00. The fraction of sp³-hybridized carbons (Fsp3) is 0.308. The molecule has 0 saturated heterocycles. The molecule has 2 N–H and O–H groups in total. The van der Waals surface area contributed by atoms with Crippen LogP contribution in [0.3, 0.4) is 0 Å². The second-order valence-electron chi connectivity index (χ2n) is 4.49. The number of benzene rings is 1. The van der Waals surface area contributed by atoms with Crippen molar-refractivity contribution in [3.05, 3.63) is 36.0 Å². The lowest BCUT2D eigenvalue weighted by molar-refractivity contribution is -0.205. The number of H-pyrrole nitrogens is 1. The molecule has 2 rings (SSSR count). The summed E-state index contributed by atoms with van der Waals surface area (Å²) in [5.74, 6) is -0.571. The zero-order valence-corrected chi connectivity index (χ0v) is 10.6. The predicted octanol–water partition coefficient (Wildman–Crippen LogP) is 2.16. The van der Waals surface area contributed by atoms with Gasteiger partial charge < -0.3 is 15.0 Å². The molecule has 4 nitrogen and oxygen atoms in total. The maximum absolute atomic E-state index is 12.3. The topological polar surface area (TPSA) is 56.3 Å². The van der Waals surface area contributed by atoms with Gasteiger partial charge in [0, 0.05) is 29.7 Å². The molecule has 1 aromatic heterocycles. The molecule has 1 heterocycles. The Bertz CT molecular complexity index is 621. The highest BCUT2D eigenvalue weighted by Crippen LogP contribution is 2.22. The van der Waals surface area contributed by atoms with Gasteiger partial charge in [-0.15, -0.1) is 0 Å². The SMILES string of the molecule is CN(CC(O)C(F)(F)F)C(=O)c1cccc2[nH]ccc12. The Morgan fingerprint density at radius 2 is 2.10 bits per heavy atom. The van der Waals surface area contributed by atoms with Gasteiger partial charge in [-0.25, -0.2) is 0 Å². The summed E-state index contributed by atoms with van der Waals surface area (Å²) in [6.45, 7) is -0.802. The summed E-state index contributed by atoms with van der Waals surface area (Å²) in [7, 11) is 1.22. The maximum atomic E-state index is 12.3. The number of nitrogens with one attached hydrogen (secondary N) is 1. The van der Waals surface area contributed by atoms with E-state index in [1.807, 2.05) is 0 Å². The summed E-state index contributed by atoms with van der Waals surface area (Å²) in [5, 5.41) is 9.63. The van der Waals surface area contributed by atoms with Crippen molar-refractivity contribution in [2.45, 2.75) is 12.3 Å². The first-order valence-corrected chi connectivity index (χ1v) is 5.87. The lowest BCUT2D eigenvalue weighted by Crippen LogP contribution is -2.41. The number of likely N-dealkylation sites (N-methyl/N-ethyl adjacent to an activating group) is 1. The zero-order valence-electron chi connectivity index (χ0n) is 10.6. The summed E-state index contributed by atoms with van der Waals surface area (Å²) < 4.78 is 36.9. The number of carbonyl (C=O) groups excluding carboxylic acids is 1. The molecule has 1 atom stereocenters. The second-order valence-corrected chi connectivity index (χ2v) is 4.49. The molecule has 0 fully saturated rings. The highest BCUT2D eigenvalue weighted by atomic mass is 19.4. The largest absolute Gasteiger partial charge is 0.416 e. The van der Waals surface area contributed by atoms with Crippen LogP contribution >= 0.6 is 0 Å². The van der Waals surface area contributed by atoms with Crippen molar-refractivity contribution in [2.24, 2.45) is 0 Å². The van der Waals surface area contributed by atoms with Crippen molar-refractivity contribution in [1.82, 2.24) is 9.88 Å². The van der Waals surface area contributed by atoms with E-state index in [0.717, 1.165) is 10.4 Å². The number of aromatic nitrogens is 1. The molecule has 2 aromatic rings. The van der Waals surface area contributed by atoms with Crippen LogP contribution in [0.5, 0.6) is 0 Å². The van der Waals surface area contributed by atoms with E-state index in [1.165, 1.54) is 13.1 Å². The first-order chi connectivity index (χ1) is 9.30. The first kappa shape index (κ1) is 14.4. The van der Waals surface area contributed by atoms with E-state index >= 15 is 0 Å². The number of hydrogen-bond acceptors (Lipinski definition) is 2. The minimum atomic E-state index is -4.74. The van der Waals surface area contributed by atoms with Gasteiger partial charge in [0.25, 0.3) is 5.91 Å². The summed E-state index contributed by atoms with van der Waals surface area (Å²) in [6, 6.07) is 6.61. The predicted molar refractivity (Wildman–Crippen MR) is 67.3 cm³/mol. The van der Waals surface area contributed by atoms with Crippen molar-refractivity contribution in [3.8, 4) is 0 Å². The Hall–Kier alpha value is -2.02. The Morgan fingerprint density at radius 3 is 2.75 bits per heavy atom. The Morgan fingerprint density at radius 1 is 1.40 bits per heavy atom. The second kappa shape index (κ2) is 5.16. The number of nitrogens with zero attached hydrogens (tertiary/aromatic N) is 1. The molecule has 1 amide bonds. The molecule has 108 valence electrons. The van der Waals surface area contributed by atoms with Crippen LogP contribution in [0.4, 0.5) is 13.2 Å². The van der Waals surface area contributed by atoms with E-state index in [9.17, 15) is 18.0 Å². The Labute approximate surface area is 112 Å². The van der Waals surface area contributed by atoms with Crippen molar-refractivity contribution in [2.75, 3.05) is 13.6 Å². The molecule has 0 aliphatic carbocycles. The van der Waals surface area contributed by atoms with Crippen molar-refractivity contribution in [3.63, 3.8) is 0 Å². The number of hydrogen-bond donors (Lipinski definition) is 2. The number of carbonyl (C=O) groups is 1. The molecule has 0 spiro atoms. The van der Waals surface area contributed by atoms with Gasteiger partial charge in [-0.05, 0) is 18.2 Å². The third kappa shape index (κ3) is 2.77. The van der Waals surface area contributed by atoms with E-state index < -0.39 is 24.7 Å². The smallest absolute Gasteiger partial charge is 0.382 e. The molecular weight excluding hydrogens is 273 g/mol. The standard InChI is InChI=1S/C13H13F3N2O2/c1-18(7-11(19)13(14,15)16)12(20)9-3-2-4-10-8(9)5-6-17-10/h2-6,11,17,19H,7H2,1H3. The molecule has 0 bridgehead atoms. The number of rotatable bonds is 3. The van der Waals surface area contributed by atoms with E-state index in [0.29, 0.717) is 10.9 Å². The molecule has 0 aliphatic rings. The van der Waals surface area contributed by atoms with Crippen LogP contribution in [0.15, 0.2) is 30.5 Å². The van der Waals surface area contributed by atoms with Crippen molar-refractivity contribution >= 4 is 16.8 Å². The Kier molecular flexibility index (Phi) is 3.71. The zero-order chi connectivity index (χ0) is 14.9. The molecule has 0 radical (unpaired) electrons. The number of fused-ring (bicyclic) bond motifs is 1. The average molecular weight is 286 g/mol. The average Bonchev–Trinajstić information content (AvgIpc) is 2.84. The fourth-order valence-corrected chi connectivity index (χ4v) is 1.92. The summed E-state index contributed by atoms with van der Waals surface area (Å²) in [5.41, 5.74) is 1.02. The lowest BCUT2D eigenvalue weighted by atomic mass is 10.1. The van der Waals surface area contributed by atoms with E-state index in [1.54, 1.807) is 24.4 Å². The molecule has 1 aromatic carbocycles. The van der Waals surface area contributed by atoms with Gasteiger partial charge in [0.1, 0.15) is 0 Å². The van der Waals surface area contributed by atoms with E-state index in [-0.39, 0.29) is 0 Å². The minimum absolute atomic E-state index is 0.292. The van der Waals surface area contributed by atoms with Crippen LogP contribution in [0.1, 0.15) is 10.4 Å². The number of halogens is 3. The molecule has 7 heteroatoms. The normalized spacial score (nSPS) is 13.4. The number of aliphatic hydroxyl groups excluding tert-OH is 1. The van der Waals surface area contributed by atoms with Gasteiger partial charge in [0.2, 0.25) is 0 Å². The Balaban J connectivity index is 2.21. The maximum Gasteiger partial charge on any atom is 0.416 e. The lowest BCUT2D eigenvalue weighted by Gasteiger charge is -2.22. The summed E-state index contributed by atoms with van der Waals surface area (Å²) in [6.07, 6.45) is -5.65. The fourth-order valence-electron chi connectivity index (χ4n) is 1.92. The van der Waals surface area contributed by atoms with E-state index in [4.69, 9.17) is 5.11 Å². The van der Waals surface area contributed by atoms with Gasteiger partial charge in [-0.2, -0.15) is 13.2 Å². The van der Waals surface area contributed by atoms with Gasteiger partial charge >= 0.3 is 6.18 Å². The third-order valence-electron chi connectivity index (χ3n) is 3.00. The molecular formula is C13H13F3N2O2. The van der Waals surface area contributed by atoms with Gasteiger partial charge in [0.15, 0.2) is 6.10 Å². The quantitative estimate of drug-likeness (QED) is 0.908. The van der Waals surface area contributed by atoms with Gasteiger partial charge in [-0.3, -0.25) is 4.79 Å². The van der Waals surface area contributed by atoms with Gasteiger partial charge in [-0.1, -0.05) is 6.07 Å². The molecule has 1 unspecified atom stereocenters. The number of aliphatic hydroxyl groups is 1. The van der Waals surface area contributed by atoms with E-state index in [2.05, 4.69) is 4.98 Å². The summed E-state index contributed by atoms with van der Waals surface area (Å²) >= 11 is 0. The van der Waals surface area contributed by atoms with Crippen LogP contribution in [0.25, 0.3) is 10.9 Å².